The maximum Gasteiger partial charge on any atom is 0.347 e. The van der Waals surface area contributed by atoms with E-state index < -0.39 is 16.9 Å². The van der Waals surface area contributed by atoms with Crippen LogP contribution >= 0.6 is 11.6 Å². The lowest BCUT2D eigenvalue weighted by Crippen LogP contribution is -2.10. The molecule has 0 atom stereocenters. The third-order valence-corrected chi connectivity index (χ3v) is 2.99. The van der Waals surface area contributed by atoms with Gasteiger partial charge in [-0.25, -0.2) is 4.79 Å². The molecule has 1 amide bonds. The standard InChI is InChI=1S/C16H12ClNO3/c17-14(16(20)21)10-15(19)18-13-8-6-12(7-9-13)11-4-2-1-3-5-11/h1-10H,(H,18,19)(H,20,21). The number of carbonyl (C=O) groups excluding carboxylic acids is 1. The average Bonchev–Trinajstić information content (AvgIpc) is 2.48. The SMILES string of the molecule is O=C(C=C(Cl)C(=O)O)Nc1ccc(-c2ccccc2)cc1. The van der Waals surface area contributed by atoms with E-state index in [0.717, 1.165) is 17.2 Å². The fraction of sp³-hybridized carbons (Fsp3) is 0. The lowest BCUT2D eigenvalue weighted by Gasteiger charge is -2.05. The first kappa shape index (κ1) is 14.8. The Morgan fingerprint density at radius 2 is 1.52 bits per heavy atom. The molecule has 21 heavy (non-hydrogen) atoms. The summed E-state index contributed by atoms with van der Waals surface area (Å²) in [5, 5.41) is 10.6. The molecule has 0 saturated carbocycles. The molecule has 4 nitrogen and oxygen atoms in total. The van der Waals surface area contributed by atoms with E-state index in [2.05, 4.69) is 5.32 Å². The zero-order valence-corrected chi connectivity index (χ0v) is 11.7. The Labute approximate surface area is 126 Å². The number of anilines is 1. The fourth-order valence-electron chi connectivity index (χ4n) is 1.73. The maximum atomic E-state index is 11.5. The molecule has 0 spiro atoms. The second-order valence-electron chi connectivity index (χ2n) is 4.23. The van der Waals surface area contributed by atoms with E-state index in [4.69, 9.17) is 16.7 Å². The Balaban J connectivity index is 2.08. The molecule has 2 rings (SSSR count). The second kappa shape index (κ2) is 6.72. The van der Waals surface area contributed by atoms with Crippen LogP contribution in [-0.2, 0) is 9.59 Å². The molecule has 0 aromatic heterocycles. The number of aliphatic carboxylic acids is 1. The number of carboxylic acid groups (broad SMARTS) is 1. The van der Waals surface area contributed by atoms with Crippen molar-refractivity contribution in [3.05, 3.63) is 65.7 Å². The van der Waals surface area contributed by atoms with Crippen molar-refractivity contribution in [3.63, 3.8) is 0 Å². The van der Waals surface area contributed by atoms with Crippen LogP contribution in [-0.4, -0.2) is 17.0 Å². The summed E-state index contributed by atoms with van der Waals surface area (Å²) in [6.07, 6.45) is 0.828. The number of rotatable bonds is 4. The van der Waals surface area contributed by atoms with Crippen molar-refractivity contribution in [2.45, 2.75) is 0 Å². The maximum absolute atomic E-state index is 11.5. The quantitative estimate of drug-likeness (QED) is 0.849. The largest absolute Gasteiger partial charge is 0.477 e. The van der Waals surface area contributed by atoms with Crippen LogP contribution in [0.25, 0.3) is 11.1 Å². The topological polar surface area (TPSA) is 66.4 Å². The molecule has 106 valence electrons. The van der Waals surface area contributed by atoms with E-state index in [-0.39, 0.29) is 0 Å². The van der Waals surface area contributed by atoms with Gasteiger partial charge in [0, 0.05) is 11.8 Å². The van der Waals surface area contributed by atoms with Gasteiger partial charge in [0.2, 0.25) is 5.91 Å². The lowest BCUT2D eigenvalue weighted by atomic mass is 10.1. The van der Waals surface area contributed by atoms with E-state index >= 15 is 0 Å². The van der Waals surface area contributed by atoms with Crippen molar-refractivity contribution in [1.82, 2.24) is 0 Å². The van der Waals surface area contributed by atoms with Gasteiger partial charge in [-0.15, -0.1) is 0 Å². The Bertz CT molecular complexity index is 678. The summed E-state index contributed by atoms with van der Waals surface area (Å²) in [6.45, 7) is 0. The minimum atomic E-state index is -1.34. The number of nitrogens with one attached hydrogen (secondary N) is 1. The Hall–Kier alpha value is -2.59. The number of hydrogen-bond donors (Lipinski definition) is 2. The molecular formula is C16H12ClNO3. The highest BCUT2D eigenvalue weighted by Gasteiger charge is 2.06. The first-order chi connectivity index (χ1) is 10.1. The molecule has 0 unspecified atom stereocenters. The van der Waals surface area contributed by atoms with Gasteiger partial charge in [0.1, 0.15) is 5.03 Å². The highest BCUT2D eigenvalue weighted by molar-refractivity contribution is 6.42. The predicted molar refractivity (Wildman–Crippen MR) is 82.1 cm³/mol. The van der Waals surface area contributed by atoms with Crippen LogP contribution in [0.2, 0.25) is 0 Å². The summed E-state index contributed by atoms with van der Waals surface area (Å²) in [5.41, 5.74) is 2.66. The summed E-state index contributed by atoms with van der Waals surface area (Å²) < 4.78 is 0. The Morgan fingerprint density at radius 1 is 0.952 bits per heavy atom. The Morgan fingerprint density at radius 3 is 2.10 bits per heavy atom. The number of benzene rings is 2. The van der Waals surface area contributed by atoms with Crippen molar-refractivity contribution in [2.75, 3.05) is 5.32 Å². The van der Waals surface area contributed by atoms with E-state index in [9.17, 15) is 9.59 Å². The third kappa shape index (κ3) is 4.19. The van der Waals surface area contributed by atoms with Gasteiger partial charge in [-0.05, 0) is 23.3 Å². The van der Waals surface area contributed by atoms with Crippen molar-refractivity contribution in [1.29, 1.82) is 0 Å². The van der Waals surface area contributed by atoms with Gasteiger partial charge in [-0.2, -0.15) is 0 Å². The number of carboxylic acids is 1. The van der Waals surface area contributed by atoms with Crippen molar-refractivity contribution in [3.8, 4) is 11.1 Å². The van der Waals surface area contributed by atoms with Gasteiger partial charge in [-0.3, -0.25) is 4.79 Å². The number of amides is 1. The van der Waals surface area contributed by atoms with E-state index in [1.54, 1.807) is 12.1 Å². The molecule has 0 aliphatic heterocycles. The second-order valence-corrected chi connectivity index (χ2v) is 4.64. The van der Waals surface area contributed by atoms with E-state index in [1.165, 1.54) is 0 Å². The van der Waals surface area contributed by atoms with E-state index in [0.29, 0.717) is 5.69 Å². The molecule has 2 N–H and O–H groups in total. The summed E-state index contributed by atoms with van der Waals surface area (Å²) >= 11 is 5.38. The Kier molecular flexibility index (Phi) is 4.74. The van der Waals surface area contributed by atoms with Crippen LogP contribution in [0.5, 0.6) is 0 Å². The molecule has 5 heteroatoms. The number of halogens is 1. The van der Waals surface area contributed by atoms with Crippen LogP contribution in [0.4, 0.5) is 5.69 Å². The number of carbonyl (C=O) groups is 2. The molecule has 0 radical (unpaired) electrons. The van der Waals surface area contributed by atoms with Gasteiger partial charge >= 0.3 is 5.97 Å². The van der Waals surface area contributed by atoms with Gasteiger partial charge in [0.05, 0.1) is 0 Å². The number of hydrogen-bond acceptors (Lipinski definition) is 2. The average molecular weight is 302 g/mol. The summed E-state index contributed by atoms with van der Waals surface area (Å²) in [4.78, 5) is 22.1. The van der Waals surface area contributed by atoms with Crippen LogP contribution in [0.15, 0.2) is 65.7 Å². The zero-order chi connectivity index (χ0) is 15.2. The van der Waals surface area contributed by atoms with E-state index in [1.807, 2.05) is 42.5 Å². The van der Waals surface area contributed by atoms with Gasteiger partial charge in [-0.1, -0.05) is 54.1 Å². The molecule has 0 aliphatic carbocycles. The predicted octanol–water partition coefficient (Wildman–Crippen LogP) is 3.50. The van der Waals surface area contributed by atoms with Crippen molar-refractivity contribution in [2.24, 2.45) is 0 Å². The van der Waals surface area contributed by atoms with Crippen molar-refractivity contribution >= 4 is 29.2 Å². The van der Waals surface area contributed by atoms with Crippen LogP contribution < -0.4 is 5.32 Å². The summed E-state index contributed by atoms with van der Waals surface area (Å²) in [6, 6.07) is 17.0. The lowest BCUT2D eigenvalue weighted by molar-refractivity contribution is -0.132. The van der Waals surface area contributed by atoms with Gasteiger partial charge in [0.25, 0.3) is 0 Å². The monoisotopic (exact) mass is 301 g/mol. The molecule has 0 fully saturated rings. The molecular weight excluding hydrogens is 290 g/mol. The highest BCUT2D eigenvalue weighted by atomic mass is 35.5. The summed E-state index contributed by atoms with van der Waals surface area (Å²) in [7, 11) is 0. The first-order valence-corrected chi connectivity index (χ1v) is 6.51. The minimum absolute atomic E-state index is 0.534. The fourth-order valence-corrected chi connectivity index (χ4v) is 1.83. The van der Waals surface area contributed by atoms with Gasteiger partial charge in [0.15, 0.2) is 0 Å². The molecule has 0 bridgehead atoms. The molecule has 2 aromatic carbocycles. The summed E-state index contributed by atoms with van der Waals surface area (Å²) in [5.74, 6) is -1.93. The smallest absolute Gasteiger partial charge is 0.347 e. The first-order valence-electron chi connectivity index (χ1n) is 6.13. The molecule has 0 heterocycles. The molecule has 2 aromatic rings. The van der Waals surface area contributed by atoms with Gasteiger partial charge < -0.3 is 10.4 Å². The minimum Gasteiger partial charge on any atom is -0.477 e. The molecule has 0 saturated heterocycles. The highest BCUT2D eigenvalue weighted by Crippen LogP contribution is 2.21. The van der Waals surface area contributed by atoms with Crippen LogP contribution in [0.1, 0.15) is 0 Å². The normalized spacial score (nSPS) is 11.0. The third-order valence-electron chi connectivity index (χ3n) is 2.72. The molecule has 0 aliphatic rings. The zero-order valence-electron chi connectivity index (χ0n) is 10.9. The van der Waals surface area contributed by atoms with Crippen molar-refractivity contribution < 1.29 is 14.7 Å². The van der Waals surface area contributed by atoms with Crippen LogP contribution in [0.3, 0.4) is 0 Å². The van der Waals surface area contributed by atoms with Crippen LogP contribution in [0, 0.1) is 0 Å².